The second-order valence-corrected chi connectivity index (χ2v) is 5.78. The highest BCUT2D eigenvalue weighted by molar-refractivity contribution is 4.92. The third kappa shape index (κ3) is 2.13. The highest BCUT2D eigenvalue weighted by Gasteiger charge is 2.38. The van der Waals surface area contributed by atoms with Crippen LogP contribution in [0.2, 0.25) is 0 Å². The van der Waals surface area contributed by atoms with Gasteiger partial charge in [-0.1, -0.05) is 19.3 Å². The van der Waals surface area contributed by atoms with E-state index < -0.39 is 0 Å². The lowest BCUT2D eigenvalue weighted by Crippen LogP contribution is -2.54. The number of nitrogens with two attached hydrogens (primary N) is 1. The number of morpholine rings is 1. The fraction of sp³-hybridized carbons (Fsp3) is 1.00. The molecular weight excluding hydrogens is 200 g/mol. The van der Waals surface area contributed by atoms with Crippen LogP contribution in [0.25, 0.3) is 0 Å². The van der Waals surface area contributed by atoms with Gasteiger partial charge in [-0.25, -0.2) is 0 Å². The van der Waals surface area contributed by atoms with Crippen LogP contribution >= 0.6 is 0 Å². The Hall–Kier alpha value is -0.120. The summed E-state index contributed by atoms with van der Waals surface area (Å²) in [6, 6.07) is 1.04. The molecule has 3 rings (SSSR count). The fourth-order valence-corrected chi connectivity index (χ4v) is 3.69. The van der Waals surface area contributed by atoms with E-state index in [0.29, 0.717) is 24.3 Å². The van der Waals surface area contributed by atoms with Gasteiger partial charge in [-0.3, -0.25) is 4.90 Å². The molecule has 2 aliphatic heterocycles. The van der Waals surface area contributed by atoms with E-state index in [1.54, 1.807) is 0 Å². The number of hydrogen-bond donors (Lipinski definition) is 1. The maximum atomic E-state index is 6.34. The average Bonchev–Trinajstić information content (AvgIpc) is 2.51. The van der Waals surface area contributed by atoms with Crippen LogP contribution in [0.15, 0.2) is 0 Å². The smallest absolute Gasteiger partial charge is 0.0707 e. The summed E-state index contributed by atoms with van der Waals surface area (Å²) in [5.74, 6) is 0. The van der Waals surface area contributed by atoms with Gasteiger partial charge in [-0.15, -0.1) is 0 Å². The summed E-state index contributed by atoms with van der Waals surface area (Å²) >= 11 is 0. The van der Waals surface area contributed by atoms with Gasteiger partial charge in [0.15, 0.2) is 0 Å². The van der Waals surface area contributed by atoms with Crippen molar-refractivity contribution in [1.29, 1.82) is 0 Å². The van der Waals surface area contributed by atoms with E-state index in [9.17, 15) is 0 Å². The van der Waals surface area contributed by atoms with Crippen LogP contribution in [0.3, 0.4) is 0 Å². The van der Waals surface area contributed by atoms with E-state index in [2.05, 4.69) is 4.90 Å². The minimum Gasteiger partial charge on any atom is -0.372 e. The Labute approximate surface area is 98.3 Å². The molecule has 4 unspecified atom stereocenters. The molecule has 4 atom stereocenters. The van der Waals surface area contributed by atoms with E-state index in [1.165, 1.54) is 44.9 Å². The van der Waals surface area contributed by atoms with Gasteiger partial charge in [0.05, 0.1) is 12.2 Å². The number of hydrogen-bond acceptors (Lipinski definition) is 3. The lowest BCUT2D eigenvalue weighted by Gasteiger charge is -2.40. The molecule has 3 fully saturated rings. The van der Waals surface area contributed by atoms with Crippen molar-refractivity contribution < 1.29 is 4.74 Å². The van der Waals surface area contributed by atoms with Crippen LogP contribution in [0.4, 0.5) is 0 Å². The molecular formula is C13H24N2O. The summed E-state index contributed by atoms with van der Waals surface area (Å²) in [5, 5.41) is 0. The Morgan fingerprint density at radius 3 is 2.31 bits per heavy atom. The second kappa shape index (κ2) is 4.63. The molecule has 2 N–H and O–H groups in total. The van der Waals surface area contributed by atoms with E-state index in [0.717, 1.165) is 13.1 Å². The first-order valence-electron chi connectivity index (χ1n) is 6.98. The normalized spacial score (nSPS) is 45.6. The molecule has 2 bridgehead atoms. The third-order valence-electron chi connectivity index (χ3n) is 4.57. The standard InChI is InChI=1S/C13H24N2O/c14-12-4-2-1-3-5-13(12)15-8-10-6-7-11(9-15)16-10/h10-13H,1-9,14H2. The molecule has 16 heavy (non-hydrogen) atoms. The van der Waals surface area contributed by atoms with Crippen molar-refractivity contribution in [3.05, 3.63) is 0 Å². The third-order valence-corrected chi connectivity index (χ3v) is 4.57. The Kier molecular flexibility index (Phi) is 3.18. The predicted molar refractivity (Wildman–Crippen MR) is 64.3 cm³/mol. The quantitative estimate of drug-likeness (QED) is 0.686. The van der Waals surface area contributed by atoms with Gasteiger partial charge in [0.25, 0.3) is 0 Å². The Morgan fingerprint density at radius 1 is 0.875 bits per heavy atom. The van der Waals surface area contributed by atoms with Gasteiger partial charge in [-0.05, 0) is 25.7 Å². The van der Waals surface area contributed by atoms with Crippen molar-refractivity contribution in [2.75, 3.05) is 13.1 Å². The largest absolute Gasteiger partial charge is 0.372 e. The van der Waals surface area contributed by atoms with E-state index in [1.807, 2.05) is 0 Å². The van der Waals surface area contributed by atoms with Crippen LogP contribution in [0.5, 0.6) is 0 Å². The fourth-order valence-electron chi connectivity index (χ4n) is 3.69. The van der Waals surface area contributed by atoms with E-state index in [-0.39, 0.29) is 0 Å². The van der Waals surface area contributed by atoms with Gasteiger partial charge < -0.3 is 10.5 Å². The molecule has 0 spiro atoms. The first-order valence-corrected chi connectivity index (χ1v) is 6.98. The van der Waals surface area contributed by atoms with Gasteiger partial charge in [0.1, 0.15) is 0 Å². The minimum atomic E-state index is 0.403. The van der Waals surface area contributed by atoms with E-state index >= 15 is 0 Å². The molecule has 3 heteroatoms. The van der Waals surface area contributed by atoms with Gasteiger partial charge in [0.2, 0.25) is 0 Å². The SMILES string of the molecule is NC1CCCCCC1N1CC2CCC(C1)O2. The topological polar surface area (TPSA) is 38.5 Å². The lowest BCUT2D eigenvalue weighted by molar-refractivity contribution is -0.0568. The van der Waals surface area contributed by atoms with Crippen molar-refractivity contribution in [1.82, 2.24) is 4.90 Å². The van der Waals surface area contributed by atoms with E-state index in [4.69, 9.17) is 10.5 Å². The first kappa shape index (κ1) is 11.0. The maximum absolute atomic E-state index is 6.34. The molecule has 2 heterocycles. The average molecular weight is 224 g/mol. The summed E-state index contributed by atoms with van der Waals surface area (Å²) in [7, 11) is 0. The molecule has 0 aromatic carbocycles. The summed E-state index contributed by atoms with van der Waals surface area (Å²) in [4.78, 5) is 2.64. The lowest BCUT2D eigenvalue weighted by atomic mass is 10.0. The monoisotopic (exact) mass is 224 g/mol. The zero-order chi connectivity index (χ0) is 11.0. The summed E-state index contributed by atoms with van der Waals surface area (Å²) in [6.45, 7) is 2.27. The zero-order valence-electron chi connectivity index (χ0n) is 10.1. The summed E-state index contributed by atoms with van der Waals surface area (Å²) < 4.78 is 5.90. The predicted octanol–water partition coefficient (Wildman–Crippen LogP) is 1.51. The number of nitrogens with zero attached hydrogens (tertiary/aromatic N) is 1. The number of fused-ring (bicyclic) bond motifs is 2. The number of likely N-dealkylation sites (tertiary alicyclic amines) is 1. The molecule has 0 aromatic heterocycles. The van der Waals surface area contributed by atoms with Gasteiger partial charge in [-0.2, -0.15) is 0 Å². The Balaban J connectivity index is 1.66. The van der Waals surface area contributed by atoms with Crippen molar-refractivity contribution in [2.45, 2.75) is 69.2 Å². The van der Waals surface area contributed by atoms with Crippen LogP contribution in [-0.4, -0.2) is 42.3 Å². The van der Waals surface area contributed by atoms with Crippen LogP contribution in [0.1, 0.15) is 44.9 Å². The molecule has 3 aliphatic rings. The van der Waals surface area contributed by atoms with Crippen LogP contribution in [0, 0.1) is 0 Å². The van der Waals surface area contributed by atoms with Crippen LogP contribution in [-0.2, 0) is 4.74 Å². The second-order valence-electron chi connectivity index (χ2n) is 5.78. The summed E-state index contributed by atoms with van der Waals surface area (Å²) in [6.07, 6.45) is 10.1. The Morgan fingerprint density at radius 2 is 1.56 bits per heavy atom. The van der Waals surface area contributed by atoms with Crippen LogP contribution < -0.4 is 5.73 Å². The van der Waals surface area contributed by atoms with Crippen molar-refractivity contribution in [3.63, 3.8) is 0 Å². The molecule has 1 aliphatic carbocycles. The highest BCUT2D eigenvalue weighted by atomic mass is 16.5. The van der Waals surface area contributed by atoms with Crippen molar-refractivity contribution >= 4 is 0 Å². The highest BCUT2D eigenvalue weighted by Crippen LogP contribution is 2.30. The molecule has 92 valence electrons. The first-order chi connectivity index (χ1) is 7.83. The number of ether oxygens (including phenoxy) is 1. The zero-order valence-corrected chi connectivity index (χ0v) is 10.1. The van der Waals surface area contributed by atoms with Gasteiger partial charge >= 0.3 is 0 Å². The maximum Gasteiger partial charge on any atom is 0.0707 e. The molecule has 2 saturated heterocycles. The molecule has 3 nitrogen and oxygen atoms in total. The van der Waals surface area contributed by atoms with Crippen molar-refractivity contribution in [3.8, 4) is 0 Å². The molecule has 0 amide bonds. The van der Waals surface area contributed by atoms with Crippen molar-refractivity contribution in [2.24, 2.45) is 5.73 Å². The minimum absolute atomic E-state index is 0.403. The Bertz CT molecular complexity index is 234. The van der Waals surface area contributed by atoms with Gasteiger partial charge in [0, 0.05) is 25.2 Å². The summed E-state index contributed by atoms with van der Waals surface area (Å²) in [5.41, 5.74) is 6.34. The molecule has 1 saturated carbocycles. The number of rotatable bonds is 1. The molecule has 0 aromatic rings. The molecule has 0 radical (unpaired) electrons.